The molecule has 4 rings (SSSR count). The fourth-order valence-electron chi connectivity index (χ4n) is 3.49. The quantitative estimate of drug-likeness (QED) is 0.572. The number of H-pyrrole nitrogens is 1. The maximum atomic E-state index is 13.1. The number of aryl methyl sites for hydroxylation is 2. The molecule has 0 spiro atoms. The van der Waals surface area contributed by atoms with Gasteiger partial charge in [0, 0.05) is 18.2 Å². The van der Waals surface area contributed by atoms with Crippen LogP contribution >= 0.6 is 0 Å². The van der Waals surface area contributed by atoms with Crippen LogP contribution in [-0.4, -0.2) is 18.1 Å². The lowest BCUT2D eigenvalue weighted by Gasteiger charge is -2.11. The lowest BCUT2D eigenvalue weighted by atomic mass is 10.1. The summed E-state index contributed by atoms with van der Waals surface area (Å²) in [5, 5.41) is 0. The molecule has 4 nitrogen and oxygen atoms in total. The van der Waals surface area contributed by atoms with Crippen molar-refractivity contribution in [2.45, 2.75) is 25.8 Å². The number of rotatable bonds is 4. The van der Waals surface area contributed by atoms with Gasteiger partial charge in [0.2, 0.25) is 0 Å². The standard InChI is InChI=1S/C19H21FN4/c20-15-5-3-14(4-6-15)9-12-24-18-8-7-16(21)13-17(18)22-19(24)23-10-1-2-11-23/h3-8,13H,1-2,9-12,21H2/p+1. The third-order valence-electron chi connectivity index (χ3n) is 4.76. The van der Waals surface area contributed by atoms with E-state index < -0.39 is 0 Å². The number of anilines is 2. The van der Waals surface area contributed by atoms with E-state index >= 15 is 0 Å². The van der Waals surface area contributed by atoms with Gasteiger partial charge in [0.1, 0.15) is 16.9 Å². The summed E-state index contributed by atoms with van der Waals surface area (Å²) in [5.74, 6) is 0.960. The molecule has 0 bridgehead atoms. The van der Waals surface area contributed by atoms with Crippen LogP contribution in [0, 0.1) is 5.82 Å². The first-order valence-electron chi connectivity index (χ1n) is 8.51. The minimum atomic E-state index is -0.188. The molecule has 0 amide bonds. The maximum absolute atomic E-state index is 13.1. The van der Waals surface area contributed by atoms with Crippen LogP contribution in [0.4, 0.5) is 16.0 Å². The molecule has 5 heteroatoms. The van der Waals surface area contributed by atoms with Gasteiger partial charge in [-0.25, -0.2) is 13.9 Å². The molecule has 1 aliphatic rings. The van der Waals surface area contributed by atoms with Crippen molar-refractivity contribution in [3.8, 4) is 0 Å². The van der Waals surface area contributed by atoms with E-state index in [9.17, 15) is 4.39 Å². The third kappa shape index (κ3) is 2.82. The van der Waals surface area contributed by atoms with Crippen molar-refractivity contribution in [1.29, 1.82) is 0 Å². The second-order valence-corrected chi connectivity index (χ2v) is 6.45. The van der Waals surface area contributed by atoms with Gasteiger partial charge >= 0.3 is 5.95 Å². The van der Waals surface area contributed by atoms with Gasteiger partial charge in [-0.3, -0.25) is 4.90 Å². The van der Waals surface area contributed by atoms with Crippen molar-refractivity contribution in [2.75, 3.05) is 23.7 Å². The SMILES string of the molecule is Nc1ccc2c(c1)[nH]c(N1CCCC1)[n+]2CCc1ccc(F)cc1. The van der Waals surface area contributed by atoms with Crippen molar-refractivity contribution < 1.29 is 8.96 Å². The summed E-state index contributed by atoms with van der Waals surface area (Å²) in [5.41, 5.74) is 10.1. The predicted molar refractivity (Wildman–Crippen MR) is 94.5 cm³/mol. The number of nitrogens with zero attached hydrogens (tertiary/aromatic N) is 2. The van der Waals surface area contributed by atoms with E-state index in [1.807, 2.05) is 24.3 Å². The molecule has 2 heterocycles. The van der Waals surface area contributed by atoms with Crippen molar-refractivity contribution in [2.24, 2.45) is 0 Å². The Morgan fingerprint density at radius 2 is 1.83 bits per heavy atom. The van der Waals surface area contributed by atoms with Crippen LogP contribution in [0.1, 0.15) is 18.4 Å². The highest BCUT2D eigenvalue weighted by molar-refractivity contribution is 5.77. The number of imidazole rings is 1. The zero-order valence-electron chi connectivity index (χ0n) is 13.6. The molecule has 1 aliphatic heterocycles. The molecule has 2 aromatic carbocycles. The molecular formula is C19H22FN4+. The first kappa shape index (κ1) is 15.0. The minimum absolute atomic E-state index is 0.188. The number of hydrogen-bond acceptors (Lipinski definition) is 2. The topological polar surface area (TPSA) is 48.9 Å². The van der Waals surface area contributed by atoms with E-state index in [0.29, 0.717) is 0 Å². The van der Waals surface area contributed by atoms with Gasteiger partial charge in [0.25, 0.3) is 0 Å². The second-order valence-electron chi connectivity index (χ2n) is 6.45. The van der Waals surface area contributed by atoms with Crippen molar-refractivity contribution in [1.82, 2.24) is 4.98 Å². The molecule has 0 aliphatic carbocycles. The zero-order chi connectivity index (χ0) is 16.5. The molecule has 0 saturated carbocycles. The third-order valence-corrected chi connectivity index (χ3v) is 4.76. The van der Waals surface area contributed by atoms with Crippen molar-refractivity contribution >= 4 is 22.7 Å². The second kappa shape index (κ2) is 6.15. The molecule has 24 heavy (non-hydrogen) atoms. The Kier molecular flexibility index (Phi) is 3.84. The molecule has 3 N–H and O–H groups in total. The molecule has 124 valence electrons. The van der Waals surface area contributed by atoms with Gasteiger partial charge < -0.3 is 5.73 Å². The Morgan fingerprint density at radius 3 is 2.58 bits per heavy atom. The summed E-state index contributed by atoms with van der Waals surface area (Å²) in [6.07, 6.45) is 3.33. The number of halogens is 1. The Morgan fingerprint density at radius 1 is 1.08 bits per heavy atom. The van der Waals surface area contributed by atoms with Gasteiger partial charge in [-0.1, -0.05) is 12.1 Å². The summed E-state index contributed by atoms with van der Waals surface area (Å²) in [4.78, 5) is 5.94. The summed E-state index contributed by atoms with van der Waals surface area (Å²) < 4.78 is 15.4. The van der Waals surface area contributed by atoms with E-state index in [2.05, 4.69) is 20.5 Å². The van der Waals surface area contributed by atoms with Crippen LogP contribution in [0.15, 0.2) is 42.5 Å². The van der Waals surface area contributed by atoms with Gasteiger partial charge in [-0.05, 0) is 42.7 Å². The summed E-state index contributed by atoms with van der Waals surface area (Å²) in [7, 11) is 0. The summed E-state index contributed by atoms with van der Waals surface area (Å²) >= 11 is 0. The number of nitrogen functional groups attached to an aromatic ring is 1. The van der Waals surface area contributed by atoms with Gasteiger partial charge in [0.15, 0.2) is 0 Å². The predicted octanol–water partition coefficient (Wildman–Crippen LogP) is 3.02. The van der Waals surface area contributed by atoms with Gasteiger partial charge in [-0.2, -0.15) is 0 Å². The maximum Gasteiger partial charge on any atom is 0.358 e. The Labute approximate surface area is 140 Å². The van der Waals surface area contributed by atoms with E-state index in [4.69, 9.17) is 5.73 Å². The molecular weight excluding hydrogens is 303 g/mol. The summed E-state index contributed by atoms with van der Waals surface area (Å²) in [6, 6.07) is 12.8. The van der Waals surface area contributed by atoms with Crippen molar-refractivity contribution in [3.05, 3.63) is 53.8 Å². The van der Waals surface area contributed by atoms with Crippen LogP contribution in [0.3, 0.4) is 0 Å². The van der Waals surface area contributed by atoms with Crippen LogP contribution < -0.4 is 15.2 Å². The lowest BCUT2D eigenvalue weighted by molar-refractivity contribution is -0.658. The van der Waals surface area contributed by atoms with Gasteiger partial charge in [0.05, 0.1) is 19.6 Å². The first-order chi connectivity index (χ1) is 11.7. The Hall–Kier alpha value is -2.56. The van der Waals surface area contributed by atoms with E-state index in [-0.39, 0.29) is 5.82 Å². The molecule has 0 radical (unpaired) electrons. The average Bonchev–Trinajstić information content (AvgIpc) is 3.21. The number of benzene rings is 2. The normalized spacial score (nSPS) is 14.6. The largest absolute Gasteiger partial charge is 0.399 e. The highest BCUT2D eigenvalue weighted by Crippen LogP contribution is 2.21. The fourth-order valence-corrected chi connectivity index (χ4v) is 3.49. The van der Waals surface area contributed by atoms with Crippen LogP contribution in [0.5, 0.6) is 0 Å². The van der Waals surface area contributed by atoms with Gasteiger partial charge in [-0.15, -0.1) is 0 Å². The number of fused-ring (bicyclic) bond motifs is 1. The van der Waals surface area contributed by atoms with Crippen LogP contribution in [0.25, 0.3) is 11.0 Å². The number of nitrogens with one attached hydrogen (secondary N) is 1. The first-order valence-corrected chi connectivity index (χ1v) is 8.51. The van der Waals surface area contributed by atoms with E-state index in [1.165, 1.54) is 25.0 Å². The van der Waals surface area contributed by atoms with E-state index in [0.717, 1.165) is 54.3 Å². The number of aromatic nitrogens is 2. The van der Waals surface area contributed by atoms with Crippen LogP contribution in [0.2, 0.25) is 0 Å². The number of nitrogens with two attached hydrogens (primary N) is 1. The number of hydrogen-bond donors (Lipinski definition) is 2. The van der Waals surface area contributed by atoms with E-state index in [1.54, 1.807) is 0 Å². The number of aromatic amines is 1. The molecule has 1 saturated heterocycles. The lowest BCUT2D eigenvalue weighted by Crippen LogP contribution is -2.41. The average molecular weight is 325 g/mol. The highest BCUT2D eigenvalue weighted by Gasteiger charge is 2.26. The zero-order valence-corrected chi connectivity index (χ0v) is 13.6. The molecule has 1 fully saturated rings. The molecule has 3 aromatic rings. The minimum Gasteiger partial charge on any atom is -0.399 e. The summed E-state index contributed by atoms with van der Waals surface area (Å²) in [6.45, 7) is 3.01. The monoisotopic (exact) mass is 325 g/mol. The smallest absolute Gasteiger partial charge is 0.358 e. The van der Waals surface area contributed by atoms with Crippen molar-refractivity contribution in [3.63, 3.8) is 0 Å². The molecule has 0 atom stereocenters. The molecule has 1 aromatic heterocycles. The fraction of sp³-hybridized carbons (Fsp3) is 0.316. The highest BCUT2D eigenvalue weighted by atomic mass is 19.1. The Bertz CT molecular complexity index is 848. The van der Waals surface area contributed by atoms with Crippen LogP contribution in [-0.2, 0) is 13.0 Å². The molecule has 0 unspecified atom stereocenters. The Balaban J connectivity index is 1.68.